The van der Waals surface area contributed by atoms with Gasteiger partial charge in [-0.05, 0) is 11.4 Å². The molecule has 0 fully saturated rings. The maximum atomic E-state index is 10.7. The third kappa shape index (κ3) is 2.72. The van der Waals surface area contributed by atoms with Crippen LogP contribution in [-0.2, 0) is 8.87 Å². The van der Waals surface area contributed by atoms with Crippen LogP contribution in [0, 0.1) is 0 Å². The van der Waals surface area contributed by atoms with Crippen molar-refractivity contribution in [1.82, 2.24) is 0 Å². The van der Waals surface area contributed by atoms with Gasteiger partial charge in [-0.25, -0.2) is 8.42 Å². The van der Waals surface area contributed by atoms with E-state index < -0.39 is 8.87 Å². The highest BCUT2D eigenvalue weighted by Gasteiger charge is 2.04. The topological polar surface area (TPSA) is 34.1 Å². The van der Waals surface area contributed by atoms with Crippen molar-refractivity contribution in [3.63, 3.8) is 0 Å². The highest BCUT2D eigenvalue weighted by molar-refractivity contribution is 8.71. The molecule has 0 atom stereocenters. The van der Waals surface area contributed by atoms with Gasteiger partial charge in [0.15, 0.2) is 0 Å². The second-order valence-corrected chi connectivity index (χ2v) is 6.89. The molecule has 0 bridgehead atoms. The van der Waals surface area contributed by atoms with Crippen LogP contribution >= 0.6 is 22.1 Å². The first-order valence-corrected chi connectivity index (χ1v) is 6.66. The molecular weight excluding hydrogens is 188 g/mol. The largest absolute Gasteiger partial charge is 0.217 e. The van der Waals surface area contributed by atoms with E-state index in [-0.39, 0.29) is 0 Å². The summed E-state index contributed by atoms with van der Waals surface area (Å²) in [6, 6.07) is 1.79. The molecule has 0 amide bonds. The fraction of sp³-hybridized carbons (Fsp3) is 0.200. The molecule has 0 aliphatic carbocycles. The Kier molecular flexibility index (Phi) is 2.38. The van der Waals surface area contributed by atoms with Crippen LogP contribution in [0.15, 0.2) is 21.7 Å². The molecule has 10 heavy (non-hydrogen) atoms. The summed E-state index contributed by atoms with van der Waals surface area (Å²) in [6.45, 7) is 0. The summed E-state index contributed by atoms with van der Waals surface area (Å²) in [5.74, 6) is 0. The zero-order valence-corrected chi connectivity index (χ0v) is 7.72. The summed E-state index contributed by atoms with van der Waals surface area (Å²) >= 11 is 1.50. The molecule has 0 N–H and O–H groups in total. The lowest BCUT2D eigenvalue weighted by atomic mass is 10.7. The molecule has 1 aromatic heterocycles. The second-order valence-electron chi connectivity index (χ2n) is 1.75. The van der Waals surface area contributed by atoms with E-state index in [2.05, 4.69) is 0 Å². The Bertz CT molecular complexity index is 285. The van der Waals surface area contributed by atoms with Gasteiger partial charge < -0.3 is 0 Å². The lowest BCUT2D eigenvalue weighted by Crippen LogP contribution is -1.85. The Balaban J connectivity index is 2.75. The van der Waals surface area contributed by atoms with Gasteiger partial charge in [0.2, 0.25) is 8.87 Å². The standard InChI is InChI=1S/C5H6O2S3/c1-10(6,7)9-5-2-3-8-4-5/h2-4H,1H3. The van der Waals surface area contributed by atoms with E-state index in [0.29, 0.717) is 0 Å². The Hall–Kier alpha value is -0.0000000000000000833. The van der Waals surface area contributed by atoms with Crippen LogP contribution in [0.25, 0.3) is 0 Å². The van der Waals surface area contributed by atoms with E-state index >= 15 is 0 Å². The minimum atomic E-state index is -2.92. The average molecular weight is 194 g/mol. The molecule has 56 valence electrons. The van der Waals surface area contributed by atoms with Crippen LogP contribution in [-0.4, -0.2) is 14.7 Å². The molecule has 1 aromatic rings. The highest BCUT2D eigenvalue weighted by atomic mass is 33.1. The van der Waals surface area contributed by atoms with Gasteiger partial charge in [0.1, 0.15) is 0 Å². The van der Waals surface area contributed by atoms with Crippen molar-refractivity contribution in [3.05, 3.63) is 16.8 Å². The first-order chi connectivity index (χ1) is 4.58. The normalized spacial score (nSPS) is 11.7. The molecule has 5 heteroatoms. The Morgan fingerprint density at radius 3 is 2.70 bits per heavy atom. The molecule has 0 saturated carbocycles. The van der Waals surface area contributed by atoms with Crippen molar-refractivity contribution >= 4 is 31.0 Å². The van der Waals surface area contributed by atoms with Crippen LogP contribution in [0.5, 0.6) is 0 Å². The van der Waals surface area contributed by atoms with Crippen molar-refractivity contribution in [1.29, 1.82) is 0 Å². The number of hydrogen-bond donors (Lipinski definition) is 0. The zero-order chi connectivity index (χ0) is 7.61. The molecule has 0 saturated heterocycles. The fourth-order valence-electron chi connectivity index (χ4n) is 0.474. The van der Waals surface area contributed by atoms with Gasteiger partial charge in [-0.15, -0.1) is 0 Å². The van der Waals surface area contributed by atoms with Crippen LogP contribution in [0.1, 0.15) is 0 Å². The predicted molar refractivity (Wildman–Crippen MR) is 45.0 cm³/mol. The van der Waals surface area contributed by atoms with E-state index in [4.69, 9.17) is 0 Å². The van der Waals surface area contributed by atoms with Crippen LogP contribution in [0.4, 0.5) is 0 Å². The first-order valence-electron chi connectivity index (χ1n) is 2.49. The predicted octanol–water partition coefficient (Wildman–Crippen LogP) is 1.80. The molecule has 0 unspecified atom stereocenters. The number of hydrogen-bond acceptors (Lipinski definition) is 4. The van der Waals surface area contributed by atoms with Gasteiger partial charge >= 0.3 is 0 Å². The summed E-state index contributed by atoms with van der Waals surface area (Å²) < 4.78 is 21.3. The fourth-order valence-corrected chi connectivity index (χ4v) is 3.44. The average Bonchev–Trinajstić information content (AvgIpc) is 2.12. The van der Waals surface area contributed by atoms with Crippen molar-refractivity contribution in [2.45, 2.75) is 4.90 Å². The summed E-state index contributed by atoms with van der Waals surface area (Å²) in [4.78, 5) is 0.799. The van der Waals surface area contributed by atoms with Gasteiger partial charge in [0.05, 0.1) is 0 Å². The lowest BCUT2D eigenvalue weighted by molar-refractivity contribution is 0.615. The van der Waals surface area contributed by atoms with E-state index in [0.717, 1.165) is 15.7 Å². The summed E-state index contributed by atoms with van der Waals surface area (Å²) in [5, 5.41) is 3.67. The minimum absolute atomic E-state index is 0.799. The van der Waals surface area contributed by atoms with Crippen molar-refractivity contribution in [2.24, 2.45) is 0 Å². The van der Waals surface area contributed by atoms with E-state index in [9.17, 15) is 8.42 Å². The first kappa shape index (κ1) is 8.10. The number of rotatable bonds is 2. The number of thiophene rings is 1. The highest BCUT2D eigenvalue weighted by Crippen LogP contribution is 2.24. The van der Waals surface area contributed by atoms with Crippen molar-refractivity contribution in [3.8, 4) is 0 Å². The maximum absolute atomic E-state index is 10.7. The molecular formula is C5H6O2S3. The summed E-state index contributed by atoms with van der Waals surface area (Å²) in [6.07, 6.45) is 1.20. The molecule has 0 aromatic carbocycles. The lowest BCUT2D eigenvalue weighted by Gasteiger charge is -1.90. The van der Waals surface area contributed by atoms with Gasteiger partial charge in [0, 0.05) is 27.3 Å². The Morgan fingerprint density at radius 1 is 1.60 bits per heavy atom. The van der Waals surface area contributed by atoms with Gasteiger partial charge in [-0.2, -0.15) is 11.3 Å². The van der Waals surface area contributed by atoms with Crippen LogP contribution < -0.4 is 0 Å². The minimum Gasteiger partial charge on any atom is -0.217 e. The summed E-state index contributed by atoms with van der Waals surface area (Å²) in [5.41, 5.74) is 0. The summed E-state index contributed by atoms with van der Waals surface area (Å²) in [7, 11) is -2.03. The van der Waals surface area contributed by atoms with E-state index in [1.165, 1.54) is 17.6 Å². The molecule has 0 aliphatic rings. The SMILES string of the molecule is CS(=O)(=O)Sc1ccsc1. The quantitative estimate of drug-likeness (QED) is 0.673. The van der Waals surface area contributed by atoms with Gasteiger partial charge in [-0.1, -0.05) is 0 Å². The van der Waals surface area contributed by atoms with E-state index in [1.807, 2.05) is 10.8 Å². The Labute approximate surface area is 67.6 Å². The van der Waals surface area contributed by atoms with Gasteiger partial charge in [0.25, 0.3) is 0 Å². The Morgan fingerprint density at radius 2 is 2.30 bits per heavy atom. The molecule has 0 radical (unpaired) electrons. The molecule has 1 rings (SSSR count). The monoisotopic (exact) mass is 194 g/mol. The van der Waals surface area contributed by atoms with Crippen LogP contribution in [0.2, 0.25) is 0 Å². The zero-order valence-electron chi connectivity index (χ0n) is 5.27. The smallest absolute Gasteiger partial charge is 0.203 e. The third-order valence-electron chi connectivity index (χ3n) is 0.743. The molecule has 0 spiro atoms. The molecule has 1 heterocycles. The van der Waals surface area contributed by atoms with Gasteiger partial charge in [-0.3, -0.25) is 0 Å². The molecule has 2 nitrogen and oxygen atoms in total. The third-order valence-corrected chi connectivity index (χ3v) is 3.81. The maximum Gasteiger partial charge on any atom is 0.203 e. The van der Waals surface area contributed by atoms with Crippen LogP contribution in [0.3, 0.4) is 0 Å². The second kappa shape index (κ2) is 2.94. The molecule has 0 aliphatic heterocycles. The van der Waals surface area contributed by atoms with Crippen molar-refractivity contribution in [2.75, 3.05) is 6.26 Å². The van der Waals surface area contributed by atoms with E-state index in [1.54, 1.807) is 6.07 Å². The van der Waals surface area contributed by atoms with Crippen molar-refractivity contribution < 1.29 is 8.42 Å².